The normalized spacial score (nSPS) is 17.1. The van der Waals surface area contributed by atoms with Crippen LogP contribution in [0, 0.1) is 0 Å². The highest BCUT2D eigenvalue weighted by molar-refractivity contribution is 7.84. The number of hydrogen-bond donors (Lipinski definition) is 4. The summed E-state index contributed by atoms with van der Waals surface area (Å²) < 4.78 is 41.9. The summed E-state index contributed by atoms with van der Waals surface area (Å²) in [5, 5.41) is 10.3. The minimum absolute atomic E-state index is 0.00758. The van der Waals surface area contributed by atoms with E-state index in [9.17, 15) is 27.6 Å². The quantitative estimate of drug-likeness (QED) is 0.0520. The van der Waals surface area contributed by atoms with Gasteiger partial charge in [0.1, 0.15) is 30.7 Å². The van der Waals surface area contributed by atoms with E-state index in [1.54, 1.807) is 12.1 Å². The minimum atomic E-state index is -4.76. The van der Waals surface area contributed by atoms with Gasteiger partial charge in [0, 0.05) is 10.9 Å². The number of benzene rings is 1. The molecule has 2 atom stereocenters. The Bertz CT molecular complexity index is 1350. The molecule has 5 N–H and O–H groups in total. The van der Waals surface area contributed by atoms with Gasteiger partial charge < -0.3 is 30.7 Å². The van der Waals surface area contributed by atoms with Gasteiger partial charge in [0.25, 0.3) is 24.2 Å². The molecule has 1 aliphatic rings. The number of amides is 3. The molecular weight excluding hydrogens is 560 g/mol. The molecular formula is C21H24N6O10S2. The van der Waals surface area contributed by atoms with Crippen LogP contribution in [0.15, 0.2) is 34.8 Å². The number of carbonyl (C=O) groups is 4. The lowest BCUT2D eigenvalue weighted by Gasteiger charge is -2.42. The number of thiazole rings is 1. The van der Waals surface area contributed by atoms with Crippen molar-refractivity contribution in [2.45, 2.75) is 19.0 Å². The third-order valence-electron chi connectivity index (χ3n) is 5.14. The maximum atomic E-state index is 12.8. The molecule has 0 spiro atoms. The molecule has 2 aromatic rings. The Morgan fingerprint density at radius 1 is 1.26 bits per heavy atom. The molecule has 0 radical (unpaired) electrons. The zero-order valence-electron chi connectivity index (χ0n) is 20.3. The number of nitrogens with two attached hydrogens (primary N) is 1. The van der Waals surface area contributed by atoms with Gasteiger partial charge >= 0.3 is 10.3 Å². The SMILES string of the molecule is C[C@H]1[C@H](NC(=O)/C(=N\OCCOc2ccc(C(=O)NCCOC=O)cc2)c2csc(N)n2)C(=O)N1S(=O)(=O)O. The highest BCUT2D eigenvalue weighted by atomic mass is 32.2. The number of β-lactam (4-membered cyclic amide) rings is 1. The number of rotatable bonds is 14. The maximum absolute atomic E-state index is 12.8. The number of carbonyl (C=O) groups excluding carboxylic acids is 4. The highest BCUT2D eigenvalue weighted by Gasteiger charge is 2.51. The molecule has 18 heteroatoms. The molecule has 16 nitrogen and oxygen atoms in total. The topological polar surface area (TPSA) is 229 Å². The first-order valence-electron chi connectivity index (χ1n) is 11.1. The second-order valence-corrected chi connectivity index (χ2v) is 9.92. The average Bonchev–Trinajstić information content (AvgIpc) is 3.32. The molecule has 2 heterocycles. The average molecular weight is 585 g/mol. The lowest BCUT2D eigenvalue weighted by molar-refractivity contribution is -0.143. The van der Waals surface area contributed by atoms with Gasteiger partial charge in [0.15, 0.2) is 17.5 Å². The van der Waals surface area contributed by atoms with Crippen molar-refractivity contribution >= 4 is 56.7 Å². The van der Waals surface area contributed by atoms with Crippen molar-refractivity contribution in [3.8, 4) is 5.75 Å². The number of nitrogen functional groups attached to an aromatic ring is 1. The Balaban J connectivity index is 1.53. The van der Waals surface area contributed by atoms with Crippen LogP contribution >= 0.6 is 11.3 Å². The summed E-state index contributed by atoms with van der Waals surface area (Å²) in [7, 11) is -4.76. The highest BCUT2D eigenvalue weighted by Crippen LogP contribution is 2.23. The van der Waals surface area contributed by atoms with Gasteiger partial charge in [0.05, 0.1) is 12.6 Å². The van der Waals surface area contributed by atoms with Crippen LogP contribution < -0.4 is 21.1 Å². The largest absolute Gasteiger partial charge is 0.490 e. The molecule has 1 aliphatic heterocycles. The van der Waals surface area contributed by atoms with E-state index in [2.05, 4.69) is 25.5 Å². The molecule has 0 saturated carbocycles. The van der Waals surface area contributed by atoms with Crippen LogP contribution in [-0.2, 0) is 34.3 Å². The summed E-state index contributed by atoms with van der Waals surface area (Å²) in [6, 6.07) is 3.93. The first-order valence-corrected chi connectivity index (χ1v) is 13.4. The van der Waals surface area contributed by atoms with Crippen molar-refractivity contribution in [3.05, 3.63) is 40.9 Å². The van der Waals surface area contributed by atoms with Gasteiger partial charge in [0.2, 0.25) is 0 Å². The van der Waals surface area contributed by atoms with Crippen molar-refractivity contribution in [2.75, 3.05) is 32.1 Å². The third kappa shape index (κ3) is 7.62. The van der Waals surface area contributed by atoms with Gasteiger partial charge in [-0.3, -0.25) is 23.7 Å². The summed E-state index contributed by atoms with van der Waals surface area (Å²) in [4.78, 5) is 56.2. The van der Waals surface area contributed by atoms with E-state index in [1.807, 2.05) is 0 Å². The Morgan fingerprint density at radius 2 is 1.97 bits per heavy atom. The second-order valence-electron chi connectivity index (χ2n) is 7.74. The molecule has 1 aromatic heterocycles. The molecule has 3 amide bonds. The molecule has 3 rings (SSSR count). The van der Waals surface area contributed by atoms with Crippen LogP contribution in [-0.4, -0.2) is 90.6 Å². The summed E-state index contributed by atoms with van der Waals surface area (Å²) in [5.41, 5.74) is 5.75. The van der Waals surface area contributed by atoms with Gasteiger partial charge in [-0.25, -0.2) is 9.29 Å². The lowest BCUT2D eigenvalue weighted by Crippen LogP contribution is -2.71. The number of ether oxygens (including phenoxy) is 2. The van der Waals surface area contributed by atoms with Crippen molar-refractivity contribution in [1.29, 1.82) is 0 Å². The van der Waals surface area contributed by atoms with E-state index in [0.717, 1.165) is 11.3 Å². The predicted octanol–water partition coefficient (Wildman–Crippen LogP) is -1.05. The fraction of sp³-hybridized carbons (Fsp3) is 0.333. The number of oxime groups is 1. The van der Waals surface area contributed by atoms with Crippen LogP contribution in [0.1, 0.15) is 23.0 Å². The van der Waals surface area contributed by atoms with E-state index in [4.69, 9.17) is 19.9 Å². The van der Waals surface area contributed by atoms with E-state index in [1.165, 1.54) is 24.4 Å². The lowest BCUT2D eigenvalue weighted by atomic mass is 10.0. The zero-order chi connectivity index (χ0) is 28.6. The van der Waals surface area contributed by atoms with Gasteiger partial charge in [-0.05, 0) is 31.2 Å². The number of hydrogen-bond acceptors (Lipinski definition) is 13. The van der Waals surface area contributed by atoms with Crippen molar-refractivity contribution < 1.29 is 46.5 Å². The van der Waals surface area contributed by atoms with Crippen molar-refractivity contribution in [2.24, 2.45) is 5.16 Å². The standard InChI is InChI=1S/C21H24N6O10S2/c1-12-16(20(31)27(12)39(32,33)34)25-19(30)17(15-10-38-21(22)24-15)26-37-9-8-36-14-4-2-13(3-5-14)18(29)23-6-7-35-11-28/h2-5,10-12,16H,6-9H2,1H3,(H2,22,24)(H,23,29)(H,25,30)(H,32,33,34)/b26-17-/t12-,16-/m0/s1. The molecule has 0 aliphatic carbocycles. The number of anilines is 1. The molecule has 1 aromatic carbocycles. The summed E-state index contributed by atoms with van der Waals surface area (Å²) in [5.74, 6) is -1.83. The summed E-state index contributed by atoms with van der Waals surface area (Å²) in [6.07, 6.45) is 0. The number of nitrogens with zero attached hydrogens (tertiary/aromatic N) is 3. The molecule has 1 fully saturated rings. The fourth-order valence-electron chi connectivity index (χ4n) is 3.30. The van der Waals surface area contributed by atoms with Gasteiger partial charge in [-0.1, -0.05) is 5.16 Å². The van der Waals surface area contributed by atoms with E-state index in [-0.39, 0.29) is 59.6 Å². The molecule has 0 unspecified atom stereocenters. The van der Waals surface area contributed by atoms with Crippen LogP contribution in [0.2, 0.25) is 0 Å². The Hall–Kier alpha value is -4.29. The zero-order valence-corrected chi connectivity index (χ0v) is 21.9. The van der Waals surface area contributed by atoms with E-state index < -0.39 is 34.2 Å². The van der Waals surface area contributed by atoms with E-state index in [0.29, 0.717) is 11.3 Å². The van der Waals surface area contributed by atoms with Crippen LogP contribution in [0.4, 0.5) is 5.13 Å². The van der Waals surface area contributed by atoms with Crippen molar-refractivity contribution in [3.63, 3.8) is 0 Å². The monoisotopic (exact) mass is 584 g/mol. The smallest absolute Gasteiger partial charge is 0.362 e. The fourth-order valence-corrected chi connectivity index (χ4v) is 4.73. The third-order valence-corrected chi connectivity index (χ3v) is 6.82. The molecule has 0 bridgehead atoms. The molecule has 1 saturated heterocycles. The summed E-state index contributed by atoms with van der Waals surface area (Å²) in [6.45, 7) is 1.74. The van der Waals surface area contributed by atoms with Crippen LogP contribution in [0.3, 0.4) is 0 Å². The predicted molar refractivity (Wildman–Crippen MR) is 135 cm³/mol. The van der Waals surface area contributed by atoms with Crippen molar-refractivity contribution in [1.82, 2.24) is 19.9 Å². The second kappa shape index (κ2) is 13.0. The van der Waals surface area contributed by atoms with E-state index >= 15 is 0 Å². The Morgan fingerprint density at radius 3 is 2.56 bits per heavy atom. The van der Waals surface area contributed by atoms with Crippen LogP contribution in [0.5, 0.6) is 5.75 Å². The first-order chi connectivity index (χ1) is 18.5. The number of nitrogens with one attached hydrogen (secondary N) is 2. The Kier molecular flexibility index (Phi) is 9.74. The maximum Gasteiger partial charge on any atom is 0.362 e. The number of aromatic nitrogens is 1. The van der Waals surface area contributed by atoms with Gasteiger partial charge in [-0.2, -0.15) is 8.42 Å². The first kappa shape index (κ1) is 29.3. The molecule has 210 valence electrons. The Labute approximate surface area is 226 Å². The van der Waals surface area contributed by atoms with Gasteiger partial charge in [-0.15, -0.1) is 11.3 Å². The molecule has 39 heavy (non-hydrogen) atoms. The van der Waals surface area contributed by atoms with Crippen LogP contribution in [0.25, 0.3) is 0 Å². The minimum Gasteiger partial charge on any atom is -0.490 e. The summed E-state index contributed by atoms with van der Waals surface area (Å²) >= 11 is 1.03.